The molecule has 0 aromatic rings. The Kier molecular flexibility index (Phi) is 16.9. The first-order valence-corrected chi connectivity index (χ1v) is 17.0. The number of methoxy groups -OCH3 is 1. The number of carbonyl (C=O) groups is 3. The SMILES string of the molecule is CO[C@H](C(C)OC(C)(C)C[C@H](C)/C=C/C=C(\C)[C@H]1O[C@@H](CC(=O)N[C@@H](CCOC(=O)N2CCN(C)CC2)C(=O)O)CC[C@@H]1C)[C@@H](C)O. The van der Waals surface area contributed by atoms with Crippen LogP contribution in [-0.4, -0.2) is 127 Å². The molecule has 8 atom stereocenters. The molecule has 0 saturated carbocycles. The number of piperazine rings is 1. The molecule has 0 bridgehead atoms. The Morgan fingerprint density at radius 2 is 1.77 bits per heavy atom. The Bertz CT molecular complexity index is 1050. The van der Waals surface area contributed by atoms with Crippen LogP contribution in [0.25, 0.3) is 0 Å². The van der Waals surface area contributed by atoms with E-state index < -0.39 is 41.8 Å². The Hall–Kier alpha value is -2.51. The Morgan fingerprint density at radius 1 is 1.11 bits per heavy atom. The number of likely N-dealkylation sites (N-methyl/N-ethyl adjacent to an activating group) is 1. The molecule has 2 saturated heterocycles. The highest BCUT2D eigenvalue weighted by Crippen LogP contribution is 2.31. The largest absolute Gasteiger partial charge is 0.480 e. The summed E-state index contributed by atoms with van der Waals surface area (Å²) in [4.78, 5) is 40.7. The smallest absolute Gasteiger partial charge is 0.409 e. The van der Waals surface area contributed by atoms with E-state index in [-0.39, 0.29) is 49.6 Å². The van der Waals surface area contributed by atoms with Crippen LogP contribution in [0.4, 0.5) is 4.79 Å². The maximum atomic E-state index is 12.8. The predicted molar refractivity (Wildman–Crippen MR) is 180 cm³/mol. The van der Waals surface area contributed by atoms with E-state index in [2.05, 4.69) is 36.2 Å². The van der Waals surface area contributed by atoms with Gasteiger partial charge in [0.15, 0.2) is 0 Å². The number of aliphatic hydroxyl groups excluding tert-OH is 1. The molecule has 2 rings (SSSR count). The van der Waals surface area contributed by atoms with Crippen LogP contribution in [0, 0.1) is 11.8 Å². The summed E-state index contributed by atoms with van der Waals surface area (Å²) in [5.74, 6) is -1.07. The third-order valence-corrected chi connectivity index (χ3v) is 9.02. The van der Waals surface area contributed by atoms with Gasteiger partial charge in [-0.3, -0.25) is 4.79 Å². The fourth-order valence-corrected chi connectivity index (χ4v) is 6.51. The molecule has 47 heavy (non-hydrogen) atoms. The zero-order valence-electron chi connectivity index (χ0n) is 30.1. The highest BCUT2D eigenvalue weighted by molar-refractivity contribution is 5.83. The van der Waals surface area contributed by atoms with Gasteiger partial charge in [0.05, 0.1) is 43.0 Å². The summed E-state index contributed by atoms with van der Waals surface area (Å²) in [5.41, 5.74) is 0.637. The summed E-state index contributed by atoms with van der Waals surface area (Å²) in [5, 5.41) is 22.2. The molecule has 0 spiro atoms. The average Bonchev–Trinajstić information content (AvgIpc) is 2.97. The van der Waals surface area contributed by atoms with Crippen molar-refractivity contribution in [3.63, 3.8) is 0 Å². The van der Waals surface area contributed by atoms with Crippen LogP contribution in [0.5, 0.6) is 0 Å². The molecule has 12 heteroatoms. The number of ether oxygens (including phenoxy) is 4. The average molecular weight is 668 g/mol. The number of nitrogens with zero attached hydrogens (tertiary/aromatic N) is 2. The molecule has 2 aliphatic heterocycles. The number of allylic oxidation sites excluding steroid dienone is 3. The van der Waals surface area contributed by atoms with Crippen molar-refractivity contribution in [3.8, 4) is 0 Å². The predicted octanol–water partition coefficient (Wildman–Crippen LogP) is 4.01. The van der Waals surface area contributed by atoms with Crippen LogP contribution >= 0.6 is 0 Å². The fraction of sp³-hybridized carbons (Fsp3) is 0.800. The van der Waals surface area contributed by atoms with Crippen molar-refractivity contribution in [2.24, 2.45) is 11.8 Å². The Labute approximate surface area is 281 Å². The molecule has 0 radical (unpaired) electrons. The highest BCUT2D eigenvalue weighted by atomic mass is 16.6. The van der Waals surface area contributed by atoms with Gasteiger partial charge in [0.1, 0.15) is 12.1 Å². The molecule has 2 heterocycles. The van der Waals surface area contributed by atoms with Crippen molar-refractivity contribution in [2.75, 3.05) is 46.9 Å². The number of aliphatic carboxylic acids is 1. The van der Waals surface area contributed by atoms with Crippen LogP contribution in [0.15, 0.2) is 23.8 Å². The van der Waals surface area contributed by atoms with Gasteiger partial charge >= 0.3 is 12.1 Å². The molecular weight excluding hydrogens is 606 g/mol. The third kappa shape index (κ3) is 14.2. The minimum atomic E-state index is -1.17. The van der Waals surface area contributed by atoms with E-state index in [9.17, 15) is 24.6 Å². The normalized spacial score (nSPS) is 24.8. The molecule has 3 N–H and O–H groups in total. The van der Waals surface area contributed by atoms with Crippen molar-refractivity contribution in [3.05, 3.63) is 23.8 Å². The van der Waals surface area contributed by atoms with Gasteiger partial charge in [-0.15, -0.1) is 0 Å². The number of carboxylic acid groups (broad SMARTS) is 1. The number of aliphatic hydroxyl groups is 1. The monoisotopic (exact) mass is 667 g/mol. The van der Waals surface area contributed by atoms with Crippen molar-refractivity contribution in [1.29, 1.82) is 0 Å². The van der Waals surface area contributed by atoms with Crippen LogP contribution in [-0.2, 0) is 28.5 Å². The van der Waals surface area contributed by atoms with Crippen LogP contribution < -0.4 is 5.32 Å². The summed E-state index contributed by atoms with van der Waals surface area (Å²) >= 11 is 0. The maximum Gasteiger partial charge on any atom is 0.409 e. The van der Waals surface area contributed by atoms with E-state index in [1.54, 1.807) is 18.9 Å². The summed E-state index contributed by atoms with van der Waals surface area (Å²) in [7, 11) is 3.56. The van der Waals surface area contributed by atoms with Crippen LogP contribution in [0.2, 0.25) is 0 Å². The lowest BCUT2D eigenvalue weighted by Crippen LogP contribution is -2.48. The molecule has 0 aliphatic carbocycles. The van der Waals surface area contributed by atoms with Crippen LogP contribution in [0.1, 0.15) is 80.6 Å². The number of carboxylic acids is 1. The summed E-state index contributed by atoms with van der Waals surface area (Å²) in [6, 6.07) is -1.16. The number of rotatable bonds is 17. The van der Waals surface area contributed by atoms with Gasteiger partial charge in [0.2, 0.25) is 5.91 Å². The number of carbonyl (C=O) groups excluding carboxylic acids is 2. The summed E-state index contributed by atoms with van der Waals surface area (Å²) in [6.07, 6.45) is 6.38. The molecule has 2 amide bonds. The number of hydrogen-bond acceptors (Lipinski definition) is 9. The van der Waals surface area contributed by atoms with E-state index in [1.165, 1.54) is 0 Å². The van der Waals surface area contributed by atoms with Crippen molar-refractivity contribution in [2.45, 2.75) is 123 Å². The van der Waals surface area contributed by atoms with E-state index in [0.717, 1.165) is 31.5 Å². The number of amides is 2. The van der Waals surface area contributed by atoms with Gasteiger partial charge in [-0.2, -0.15) is 0 Å². The molecular formula is C35H61N3O9. The lowest BCUT2D eigenvalue weighted by atomic mass is 9.88. The molecule has 12 nitrogen and oxygen atoms in total. The van der Waals surface area contributed by atoms with Gasteiger partial charge in [0, 0.05) is 39.7 Å². The van der Waals surface area contributed by atoms with Gasteiger partial charge in [0.25, 0.3) is 0 Å². The standard InChI is InChI=1S/C35H61N3O9/c1-23(22-35(6,7)47-27(5)32(44-9)26(4)39)11-10-12-24(2)31-25(3)13-14-28(46-31)21-30(40)36-29(33(41)42)15-20-45-34(43)38-18-16-37(8)17-19-38/h10-12,23,25-29,31-32,39H,13-22H2,1-9H3,(H,36,40)(H,41,42)/b11-10+,24-12+/t23-,25+,26-,27?,28-,29+,31-,32+/m1/s1. The molecule has 0 aromatic heterocycles. The molecule has 270 valence electrons. The van der Waals surface area contributed by atoms with E-state index >= 15 is 0 Å². The number of hydrogen-bond donors (Lipinski definition) is 3. The summed E-state index contributed by atoms with van der Waals surface area (Å²) in [6.45, 7) is 16.5. The highest BCUT2D eigenvalue weighted by Gasteiger charge is 2.32. The first-order chi connectivity index (χ1) is 22.0. The maximum absolute atomic E-state index is 12.8. The minimum Gasteiger partial charge on any atom is -0.480 e. The van der Waals surface area contributed by atoms with E-state index in [0.29, 0.717) is 19.5 Å². The first kappa shape index (κ1) is 40.7. The van der Waals surface area contributed by atoms with Crippen LogP contribution in [0.3, 0.4) is 0 Å². The van der Waals surface area contributed by atoms with Crippen molar-refractivity contribution < 1.29 is 43.5 Å². The topological polar surface area (TPSA) is 147 Å². The van der Waals surface area contributed by atoms with Gasteiger partial charge < -0.3 is 44.3 Å². The van der Waals surface area contributed by atoms with Crippen molar-refractivity contribution in [1.82, 2.24) is 15.1 Å². The van der Waals surface area contributed by atoms with E-state index in [1.807, 2.05) is 40.8 Å². The lowest BCUT2D eigenvalue weighted by molar-refractivity contribution is -0.149. The zero-order valence-corrected chi connectivity index (χ0v) is 30.1. The second kappa shape index (κ2) is 19.5. The van der Waals surface area contributed by atoms with Gasteiger partial charge in [-0.1, -0.05) is 32.1 Å². The van der Waals surface area contributed by atoms with Crippen molar-refractivity contribution >= 4 is 18.0 Å². The number of nitrogens with one attached hydrogen (secondary N) is 1. The minimum absolute atomic E-state index is 0.0176. The fourth-order valence-electron chi connectivity index (χ4n) is 6.51. The molecule has 0 aromatic carbocycles. The second-order valence-electron chi connectivity index (χ2n) is 14.1. The second-order valence-corrected chi connectivity index (χ2v) is 14.1. The summed E-state index contributed by atoms with van der Waals surface area (Å²) < 4.78 is 23.3. The lowest BCUT2D eigenvalue weighted by Gasteiger charge is -2.35. The molecule has 2 aliphatic rings. The van der Waals surface area contributed by atoms with Gasteiger partial charge in [-0.25, -0.2) is 9.59 Å². The zero-order chi connectivity index (χ0) is 35.3. The Morgan fingerprint density at radius 3 is 2.36 bits per heavy atom. The van der Waals surface area contributed by atoms with Gasteiger partial charge in [-0.05, 0) is 78.3 Å². The Balaban J connectivity index is 1.85. The third-order valence-electron chi connectivity index (χ3n) is 9.02. The molecule has 2 fully saturated rings. The van der Waals surface area contributed by atoms with E-state index in [4.69, 9.17) is 18.9 Å². The quantitative estimate of drug-likeness (QED) is 0.195. The first-order valence-electron chi connectivity index (χ1n) is 17.0. The molecule has 1 unspecified atom stereocenters.